The maximum atomic E-state index is 5.17. The normalized spacial score (nSPS) is 12.0. The summed E-state index contributed by atoms with van der Waals surface area (Å²) in [4.78, 5) is 5.17. The average Bonchev–Trinajstić information content (AvgIpc) is 3.58. The van der Waals surface area contributed by atoms with Gasteiger partial charge in [0.25, 0.3) is 0 Å². The fourth-order valence-corrected chi connectivity index (χ4v) is 6.61. The SMILES string of the molecule is c1ccc(-c2cccc(-n3c4ccccc4c4c5c6ccccc6c6cc7ccccc7n6c5ccc43)n2)cc1. The van der Waals surface area contributed by atoms with Crippen molar-refractivity contribution in [1.29, 1.82) is 0 Å². The van der Waals surface area contributed by atoms with Crippen molar-refractivity contribution in [2.75, 3.05) is 0 Å². The summed E-state index contributed by atoms with van der Waals surface area (Å²) in [6, 6.07) is 49.8. The van der Waals surface area contributed by atoms with Crippen LogP contribution in [0.2, 0.25) is 0 Å². The molecule has 0 fully saturated rings. The van der Waals surface area contributed by atoms with Crippen LogP contribution in [0.1, 0.15) is 0 Å². The fraction of sp³-hybridized carbons (Fsp3) is 0. The molecule has 0 saturated heterocycles. The minimum absolute atomic E-state index is 0.920. The molecule has 0 atom stereocenters. The third-order valence-corrected chi connectivity index (χ3v) is 8.27. The van der Waals surface area contributed by atoms with Crippen LogP contribution >= 0.6 is 0 Å². The van der Waals surface area contributed by atoms with E-state index in [0.717, 1.165) is 28.1 Å². The Morgan fingerprint density at radius 1 is 0.425 bits per heavy atom. The van der Waals surface area contributed by atoms with Crippen molar-refractivity contribution in [3.05, 3.63) is 140 Å². The number of nitrogens with zero attached hydrogens (tertiary/aromatic N) is 3. The highest BCUT2D eigenvalue weighted by atomic mass is 15.1. The Labute approximate surface area is 230 Å². The molecule has 40 heavy (non-hydrogen) atoms. The monoisotopic (exact) mass is 509 g/mol. The Kier molecular flexibility index (Phi) is 4.33. The van der Waals surface area contributed by atoms with Gasteiger partial charge in [-0.15, -0.1) is 0 Å². The molecule has 0 aliphatic heterocycles. The van der Waals surface area contributed by atoms with E-state index in [1.807, 2.05) is 6.07 Å². The van der Waals surface area contributed by atoms with E-state index in [-0.39, 0.29) is 0 Å². The Hall–Kier alpha value is -5.41. The van der Waals surface area contributed by atoms with Crippen molar-refractivity contribution in [2.24, 2.45) is 0 Å². The van der Waals surface area contributed by atoms with Gasteiger partial charge in [-0.3, -0.25) is 4.57 Å². The molecule has 0 saturated carbocycles. The van der Waals surface area contributed by atoms with E-state index in [0.29, 0.717) is 0 Å². The molecule has 4 heterocycles. The van der Waals surface area contributed by atoms with Crippen molar-refractivity contribution in [3.8, 4) is 17.1 Å². The van der Waals surface area contributed by atoms with Gasteiger partial charge in [0.1, 0.15) is 5.82 Å². The molecule has 0 aliphatic rings. The predicted molar refractivity (Wildman–Crippen MR) is 167 cm³/mol. The molecule has 3 nitrogen and oxygen atoms in total. The van der Waals surface area contributed by atoms with Crippen molar-refractivity contribution >= 4 is 59.9 Å². The summed E-state index contributed by atoms with van der Waals surface area (Å²) in [5.74, 6) is 0.920. The first kappa shape index (κ1) is 21.5. The second kappa shape index (κ2) is 8.05. The first-order valence-corrected chi connectivity index (χ1v) is 13.7. The first-order valence-electron chi connectivity index (χ1n) is 13.7. The number of benzene rings is 5. The summed E-state index contributed by atoms with van der Waals surface area (Å²) < 4.78 is 4.76. The van der Waals surface area contributed by atoms with Gasteiger partial charge in [-0.25, -0.2) is 4.98 Å². The number of rotatable bonds is 2. The number of hydrogen-bond acceptors (Lipinski definition) is 1. The van der Waals surface area contributed by atoms with Crippen LogP contribution in [0.3, 0.4) is 0 Å². The van der Waals surface area contributed by atoms with Crippen LogP contribution in [-0.4, -0.2) is 14.0 Å². The van der Waals surface area contributed by atoms with Crippen LogP contribution < -0.4 is 0 Å². The number of fused-ring (bicyclic) bond motifs is 12. The number of pyridine rings is 2. The summed E-state index contributed by atoms with van der Waals surface area (Å²) in [5, 5.41) is 7.56. The third kappa shape index (κ3) is 2.86. The Morgan fingerprint density at radius 3 is 1.98 bits per heavy atom. The Balaban J connectivity index is 1.48. The maximum absolute atomic E-state index is 5.17. The molecule has 5 aromatic carbocycles. The lowest BCUT2D eigenvalue weighted by Gasteiger charge is -2.13. The number of para-hydroxylation sites is 2. The molecule has 0 spiro atoms. The van der Waals surface area contributed by atoms with Crippen LogP contribution in [0.25, 0.3) is 77.0 Å². The van der Waals surface area contributed by atoms with E-state index in [4.69, 9.17) is 4.98 Å². The van der Waals surface area contributed by atoms with Crippen LogP contribution in [-0.2, 0) is 0 Å². The van der Waals surface area contributed by atoms with E-state index >= 15 is 0 Å². The molecule has 0 bridgehead atoms. The van der Waals surface area contributed by atoms with Gasteiger partial charge in [-0.1, -0.05) is 97.1 Å². The summed E-state index contributed by atoms with van der Waals surface area (Å²) in [7, 11) is 0. The molecule has 0 aliphatic carbocycles. The molecule has 4 aromatic heterocycles. The molecule has 0 unspecified atom stereocenters. The Bertz CT molecular complexity index is 2430. The summed E-state index contributed by atoms with van der Waals surface area (Å²) in [6.45, 7) is 0. The summed E-state index contributed by atoms with van der Waals surface area (Å²) in [6.07, 6.45) is 0. The van der Waals surface area contributed by atoms with E-state index in [9.17, 15) is 0 Å². The molecule has 9 rings (SSSR count). The first-order chi connectivity index (χ1) is 19.9. The highest BCUT2D eigenvalue weighted by molar-refractivity contribution is 6.30. The third-order valence-electron chi connectivity index (χ3n) is 8.27. The highest BCUT2D eigenvalue weighted by Gasteiger charge is 2.20. The minimum Gasteiger partial charge on any atom is -0.309 e. The zero-order chi connectivity index (χ0) is 26.2. The van der Waals surface area contributed by atoms with Crippen LogP contribution in [0.15, 0.2) is 140 Å². The quantitative estimate of drug-likeness (QED) is 0.213. The van der Waals surface area contributed by atoms with Gasteiger partial charge in [-0.05, 0) is 47.9 Å². The van der Waals surface area contributed by atoms with Gasteiger partial charge in [0, 0.05) is 32.5 Å². The van der Waals surface area contributed by atoms with Gasteiger partial charge < -0.3 is 4.40 Å². The van der Waals surface area contributed by atoms with Crippen LogP contribution in [0.4, 0.5) is 0 Å². The zero-order valence-electron chi connectivity index (χ0n) is 21.6. The lowest BCUT2D eigenvalue weighted by molar-refractivity contribution is 1.08. The van der Waals surface area contributed by atoms with Crippen molar-refractivity contribution in [2.45, 2.75) is 0 Å². The van der Waals surface area contributed by atoms with Crippen LogP contribution in [0, 0.1) is 0 Å². The van der Waals surface area contributed by atoms with Crippen LogP contribution in [0.5, 0.6) is 0 Å². The van der Waals surface area contributed by atoms with Gasteiger partial charge in [0.05, 0.1) is 33.3 Å². The lowest BCUT2D eigenvalue weighted by atomic mass is 10.00. The van der Waals surface area contributed by atoms with Gasteiger partial charge in [-0.2, -0.15) is 0 Å². The summed E-state index contributed by atoms with van der Waals surface area (Å²) in [5.41, 5.74) is 8.09. The molecule has 186 valence electrons. The van der Waals surface area contributed by atoms with E-state index in [1.165, 1.54) is 48.9 Å². The molecule has 9 aromatic rings. The topological polar surface area (TPSA) is 22.2 Å². The smallest absolute Gasteiger partial charge is 0.138 e. The van der Waals surface area contributed by atoms with E-state index in [1.54, 1.807) is 0 Å². The number of hydrogen-bond donors (Lipinski definition) is 0. The predicted octanol–water partition coefficient (Wildman–Crippen LogP) is 9.56. The van der Waals surface area contributed by atoms with Crippen molar-refractivity contribution in [1.82, 2.24) is 14.0 Å². The fourth-order valence-electron chi connectivity index (χ4n) is 6.61. The van der Waals surface area contributed by atoms with Crippen molar-refractivity contribution < 1.29 is 0 Å². The average molecular weight is 510 g/mol. The molecule has 0 N–H and O–H groups in total. The van der Waals surface area contributed by atoms with E-state index < -0.39 is 0 Å². The van der Waals surface area contributed by atoms with Crippen molar-refractivity contribution in [3.63, 3.8) is 0 Å². The molecule has 0 amide bonds. The minimum atomic E-state index is 0.920. The molecular formula is C37H23N3. The standard InChI is InChI=1S/C37H23N3/c1-2-11-24(12-3-1)29-17-10-20-35(38-29)40-31-19-9-7-16-28(31)37-33(40)22-21-32-36(37)27-15-6-5-14-26(27)34-23-25-13-4-8-18-30(25)39(32)34/h1-23H. The second-order valence-electron chi connectivity index (χ2n) is 10.4. The highest BCUT2D eigenvalue weighted by Crippen LogP contribution is 2.42. The van der Waals surface area contributed by atoms with E-state index in [2.05, 4.69) is 142 Å². The van der Waals surface area contributed by atoms with Gasteiger partial charge >= 0.3 is 0 Å². The van der Waals surface area contributed by atoms with Gasteiger partial charge in [0.15, 0.2) is 0 Å². The zero-order valence-corrected chi connectivity index (χ0v) is 21.6. The lowest BCUT2D eigenvalue weighted by Crippen LogP contribution is -1.98. The molecule has 0 radical (unpaired) electrons. The Morgan fingerprint density at radius 2 is 1.10 bits per heavy atom. The number of aromatic nitrogens is 3. The largest absolute Gasteiger partial charge is 0.309 e. The molecule has 3 heteroatoms. The van der Waals surface area contributed by atoms with Gasteiger partial charge in [0.2, 0.25) is 0 Å². The molecular weight excluding hydrogens is 486 g/mol. The maximum Gasteiger partial charge on any atom is 0.138 e. The summed E-state index contributed by atoms with van der Waals surface area (Å²) >= 11 is 0. The second-order valence-corrected chi connectivity index (χ2v) is 10.4.